The number of nitrogens with one attached hydrogen (secondary N) is 1. The summed E-state index contributed by atoms with van der Waals surface area (Å²) in [4.78, 5) is 25.6. The van der Waals surface area contributed by atoms with Gasteiger partial charge in [-0.25, -0.2) is 0 Å². The molecular formula is C20H22N2O3. The fourth-order valence-corrected chi connectivity index (χ4v) is 3.16. The molecule has 2 aromatic rings. The number of ether oxygens (including phenoxy) is 1. The Morgan fingerprint density at radius 2 is 1.84 bits per heavy atom. The minimum absolute atomic E-state index is 0.116. The van der Waals surface area contributed by atoms with Crippen LogP contribution in [-0.4, -0.2) is 31.0 Å². The van der Waals surface area contributed by atoms with Gasteiger partial charge in [0.15, 0.2) is 0 Å². The zero-order valence-corrected chi connectivity index (χ0v) is 14.3. The zero-order chi connectivity index (χ0) is 17.6. The van der Waals surface area contributed by atoms with Crippen LogP contribution in [0.5, 0.6) is 5.75 Å². The van der Waals surface area contributed by atoms with Crippen molar-refractivity contribution in [2.45, 2.75) is 25.8 Å². The summed E-state index contributed by atoms with van der Waals surface area (Å²) < 4.78 is 4.98. The lowest BCUT2D eigenvalue weighted by molar-refractivity contribution is -0.131. The van der Waals surface area contributed by atoms with Crippen molar-refractivity contribution in [1.29, 1.82) is 0 Å². The molecule has 0 radical (unpaired) electrons. The van der Waals surface area contributed by atoms with Crippen LogP contribution in [0.3, 0.4) is 0 Å². The molecule has 1 saturated heterocycles. The molecular weight excluding hydrogens is 316 g/mol. The number of nitrogens with zero attached hydrogens (tertiary/aromatic N) is 1. The lowest BCUT2D eigenvalue weighted by Crippen LogP contribution is -2.40. The molecule has 3 rings (SSSR count). The number of hydrogen-bond acceptors (Lipinski definition) is 4. The molecule has 0 aromatic heterocycles. The van der Waals surface area contributed by atoms with Gasteiger partial charge < -0.3 is 15.0 Å². The summed E-state index contributed by atoms with van der Waals surface area (Å²) in [6, 6.07) is 17.2. The first-order valence-electron chi connectivity index (χ1n) is 8.52. The topological polar surface area (TPSA) is 58.6 Å². The molecule has 1 N–H and O–H groups in total. The number of carbonyl (C=O) groups excluding carboxylic acids is 2. The SMILES string of the molecule is CC(=O)Oc1ccc(C(=O)NCC2CCCN2c2ccccc2)cc1. The molecule has 0 spiro atoms. The van der Waals surface area contributed by atoms with Gasteiger partial charge in [0.1, 0.15) is 5.75 Å². The first-order valence-corrected chi connectivity index (χ1v) is 8.52. The van der Waals surface area contributed by atoms with E-state index in [0.717, 1.165) is 19.4 Å². The second-order valence-electron chi connectivity index (χ2n) is 6.15. The van der Waals surface area contributed by atoms with Crippen molar-refractivity contribution in [1.82, 2.24) is 5.32 Å². The van der Waals surface area contributed by atoms with Gasteiger partial charge in [0.25, 0.3) is 5.91 Å². The predicted octanol–water partition coefficient (Wildman–Crippen LogP) is 3.01. The smallest absolute Gasteiger partial charge is 0.308 e. The van der Waals surface area contributed by atoms with E-state index in [1.54, 1.807) is 24.3 Å². The highest BCUT2D eigenvalue weighted by molar-refractivity contribution is 5.94. The van der Waals surface area contributed by atoms with Gasteiger partial charge in [0.2, 0.25) is 0 Å². The fourth-order valence-electron chi connectivity index (χ4n) is 3.16. The van der Waals surface area contributed by atoms with Crippen molar-refractivity contribution in [3.63, 3.8) is 0 Å². The van der Waals surface area contributed by atoms with Gasteiger partial charge in [-0.05, 0) is 49.2 Å². The maximum atomic E-state index is 12.3. The Labute approximate surface area is 147 Å². The minimum Gasteiger partial charge on any atom is -0.427 e. The first kappa shape index (κ1) is 17.0. The van der Waals surface area contributed by atoms with Crippen LogP contribution in [0.15, 0.2) is 54.6 Å². The molecule has 0 aliphatic carbocycles. The zero-order valence-electron chi connectivity index (χ0n) is 14.3. The molecule has 2 aromatic carbocycles. The van der Waals surface area contributed by atoms with Crippen LogP contribution >= 0.6 is 0 Å². The van der Waals surface area contributed by atoms with Gasteiger partial charge in [-0.1, -0.05) is 18.2 Å². The maximum absolute atomic E-state index is 12.3. The third-order valence-electron chi connectivity index (χ3n) is 4.34. The Morgan fingerprint density at radius 3 is 2.52 bits per heavy atom. The Hall–Kier alpha value is -2.82. The number of amides is 1. The molecule has 0 bridgehead atoms. The highest BCUT2D eigenvalue weighted by Gasteiger charge is 2.25. The van der Waals surface area contributed by atoms with Crippen molar-refractivity contribution < 1.29 is 14.3 Å². The van der Waals surface area contributed by atoms with E-state index in [9.17, 15) is 9.59 Å². The average Bonchev–Trinajstić information content (AvgIpc) is 3.09. The number of rotatable bonds is 5. The molecule has 1 heterocycles. The number of anilines is 1. The van der Waals surface area contributed by atoms with Gasteiger partial charge in [0, 0.05) is 37.3 Å². The first-order chi connectivity index (χ1) is 12.1. The van der Waals surface area contributed by atoms with E-state index in [2.05, 4.69) is 22.3 Å². The van der Waals surface area contributed by atoms with Crippen LogP contribution in [0.25, 0.3) is 0 Å². The Balaban J connectivity index is 1.57. The number of esters is 1. The summed E-state index contributed by atoms with van der Waals surface area (Å²) in [5.74, 6) is -0.0520. The molecule has 1 unspecified atom stereocenters. The Bertz CT molecular complexity index is 728. The van der Waals surface area contributed by atoms with Crippen LogP contribution in [0, 0.1) is 0 Å². The van der Waals surface area contributed by atoms with Crippen LogP contribution in [-0.2, 0) is 4.79 Å². The monoisotopic (exact) mass is 338 g/mol. The van der Waals surface area contributed by atoms with E-state index in [4.69, 9.17) is 4.74 Å². The standard InChI is InChI=1S/C20H22N2O3/c1-15(23)25-19-11-9-16(10-12-19)20(24)21-14-18-8-5-13-22(18)17-6-3-2-4-7-17/h2-4,6-7,9-12,18H,5,8,13-14H2,1H3,(H,21,24). The quantitative estimate of drug-likeness (QED) is 0.672. The Morgan fingerprint density at radius 1 is 1.12 bits per heavy atom. The second-order valence-corrected chi connectivity index (χ2v) is 6.15. The van der Waals surface area contributed by atoms with E-state index in [-0.39, 0.29) is 11.9 Å². The predicted molar refractivity (Wildman–Crippen MR) is 96.9 cm³/mol. The highest BCUT2D eigenvalue weighted by Crippen LogP contribution is 2.24. The normalized spacial score (nSPS) is 16.5. The molecule has 1 aliphatic heterocycles. The van der Waals surface area contributed by atoms with Gasteiger partial charge in [-0.15, -0.1) is 0 Å². The van der Waals surface area contributed by atoms with E-state index >= 15 is 0 Å². The van der Waals surface area contributed by atoms with Crippen LogP contribution in [0.1, 0.15) is 30.1 Å². The molecule has 1 atom stereocenters. The lowest BCUT2D eigenvalue weighted by Gasteiger charge is -2.27. The van der Waals surface area contributed by atoms with Gasteiger partial charge in [-0.2, -0.15) is 0 Å². The Kier molecular flexibility index (Phi) is 5.33. The molecule has 5 nitrogen and oxygen atoms in total. The third kappa shape index (κ3) is 4.38. The van der Waals surface area contributed by atoms with Gasteiger partial charge in [0.05, 0.1) is 0 Å². The van der Waals surface area contributed by atoms with Crippen LogP contribution in [0.4, 0.5) is 5.69 Å². The molecule has 5 heteroatoms. The summed E-state index contributed by atoms with van der Waals surface area (Å²) >= 11 is 0. The molecule has 1 fully saturated rings. The molecule has 1 aliphatic rings. The number of carbonyl (C=O) groups is 2. The number of para-hydroxylation sites is 1. The van der Waals surface area contributed by atoms with E-state index in [1.807, 2.05) is 18.2 Å². The van der Waals surface area contributed by atoms with E-state index in [1.165, 1.54) is 12.6 Å². The van der Waals surface area contributed by atoms with Gasteiger partial charge >= 0.3 is 5.97 Å². The summed E-state index contributed by atoms with van der Waals surface area (Å²) in [6.45, 7) is 2.97. The number of hydrogen-bond donors (Lipinski definition) is 1. The van der Waals surface area contributed by atoms with Crippen molar-refractivity contribution in [2.24, 2.45) is 0 Å². The summed E-state index contributed by atoms with van der Waals surface area (Å²) in [5, 5.41) is 3.01. The van der Waals surface area contributed by atoms with Crippen LogP contribution < -0.4 is 15.0 Å². The third-order valence-corrected chi connectivity index (χ3v) is 4.34. The summed E-state index contributed by atoms with van der Waals surface area (Å²) in [6.07, 6.45) is 2.20. The second kappa shape index (κ2) is 7.83. The van der Waals surface area contributed by atoms with Gasteiger partial charge in [-0.3, -0.25) is 9.59 Å². The van der Waals surface area contributed by atoms with Crippen molar-refractivity contribution >= 4 is 17.6 Å². The summed E-state index contributed by atoms with van der Waals surface area (Å²) in [5.41, 5.74) is 1.75. The van der Waals surface area contributed by atoms with Crippen LogP contribution in [0.2, 0.25) is 0 Å². The maximum Gasteiger partial charge on any atom is 0.308 e. The van der Waals surface area contributed by atoms with E-state index in [0.29, 0.717) is 23.9 Å². The average molecular weight is 338 g/mol. The van der Waals surface area contributed by atoms with Crippen molar-refractivity contribution in [3.05, 3.63) is 60.2 Å². The molecule has 0 saturated carbocycles. The van der Waals surface area contributed by atoms with Crippen molar-refractivity contribution in [3.8, 4) is 5.75 Å². The lowest BCUT2D eigenvalue weighted by atomic mass is 10.1. The number of benzene rings is 2. The summed E-state index contributed by atoms with van der Waals surface area (Å²) in [7, 11) is 0. The molecule has 25 heavy (non-hydrogen) atoms. The van der Waals surface area contributed by atoms with Crippen molar-refractivity contribution in [2.75, 3.05) is 18.0 Å². The van der Waals surface area contributed by atoms with E-state index < -0.39 is 0 Å². The molecule has 1 amide bonds. The largest absolute Gasteiger partial charge is 0.427 e. The minimum atomic E-state index is -0.376. The molecule has 130 valence electrons. The highest BCUT2D eigenvalue weighted by atomic mass is 16.5. The fraction of sp³-hybridized carbons (Fsp3) is 0.300.